The van der Waals surface area contributed by atoms with Gasteiger partial charge < -0.3 is 10.0 Å². The van der Waals surface area contributed by atoms with E-state index in [1.54, 1.807) is 11.8 Å². The predicted octanol–water partition coefficient (Wildman–Crippen LogP) is 3.48. The molecule has 27 heavy (non-hydrogen) atoms. The van der Waals surface area contributed by atoms with Gasteiger partial charge in [-0.2, -0.15) is 11.8 Å². The van der Waals surface area contributed by atoms with E-state index in [0.29, 0.717) is 21.4 Å². The number of carbonyl (C=O) groups excluding carboxylic acids is 1. The van der Waals surface area contributed by atoms with Crippen molar-refractivity contribution in [2.75, 3.05) is 30.5 Å². The molecule has 0 saturated carbocycles. The van der Waals surface area contributed by atoms with Crippen LogP contribution in [0.5, 0.6) is 0 Å². The summed E-state index contributed by atoms with van der Waals surface area (Å²) in [6.07, 6.45) is 6.25. The molecule has 1 aromatic rings. The van der Waals surface area contributed by atoms with E-state index >= 15 is 0 Å². The monoisotopic (exact) mass is 422 g/mol. The van der Waals surface area contributed by atoms with Gasteiger partial charge in [-0.15, -0.1) is 0 Å². The lowest BCUT2D eigenvalue weighted by molar-refractivity contribution is -0.145. The van der Waals surface area contributed by atoms with Crippen LogP contribution in [0.25, 0.3) is 6.08 Å². The molecular formula is C19H22N2O3S3. The summed E-state index contributed by atoms with van der Waals surface area (Å²) >= 11 is 8.06. The van der Waals surface area contributed by atoms with Crippen LogP contribution in [0.1, 0.15) is 24.0 Å². The van der Waals surface area contributed by atoms with Crippen LogP contribution in [-0.4, -0.2) is 57.8 Å². The molecule has 1 N–H and O–H groups in total. The average Bonchev–Trinajstić information content (AvgIpc) is 2.89. The number of rotatable bonds is 6. The molecule has 0 radical (unpaired) electrons. The van der Waals surface area contributed by atoms with Gasteiger partial charge in [0.2, 0.25) is 0 Å². The number of benzene rings is 1. The Morgan fingerprint density at radius 2 is 2.26 bits per heavy atom. The molecule has 2 aliphatic rings. The SMILES string of the molecule is CSCCC(C(=O)O)N1C(=O)/C(=C/c2ccc3c(c2)CCCN3C)SC1=S. The molecule has 0 aliphatic carbocycles. The number of hydrogen-bond acceptors (Lipinski definition) is 6. The highest BCUT2D eigenvalue weighted by atomic mass is 32.2. The maximum atomic E-state index is 12.8. The molecule has 1 saturated heterocycles. The van der Waals surface area contributed by atoms with Crippen molar-refractivity contribution in [3.8, 4) is 0 Å². The molecular weight excluding hydrogens is 400 g/mol. The molecule has 2 aliphatic heterocycles. The number of amides is 1. The van der Waals surface area contributed by atoms with Crippen molar-refractivity contribution in [1.82, 2.24) is 4.90 Å². The van der Waals surface area contributed by atoms with Gasteiger partial charge in [-0.25, -0.2) is 4.79 Å². The smallest absolute Gasteiger partial charge is 0.326 e. The van der Waals surface area contributed by atoms with Crippen LogP contribution in [0, 0.1) is 0 Å². The predicted molar refractivity (Wildman–Crippen MR) is 117 cm³/mol. The van der Waals surface area contributed by atoms with Crippen LogP contribution in [-0.2, 0) is 16.0 Å². The first-order chi connectivity index (χ1) is 12.9. The van der Waals surface area contributed by atoms with Crippen molar-refractivity contribution in [3.05, 3.63) is 34.2 Å². The summed E-state index contributed by atoms with van der Waals surface area (Å²) in [6.45, 7) is 1.05. The van der Waals surface area contributed by atoms with E-state index in [9.17, 15) is 14.7 Å². The van der Waals surface area contributed by atoms with E-state index in [4.69, 9.17) is 12.2 Å². The van der Waals surface area contributed by atoms with Crippen LogP contribution in [0.3, 0.4) is 0 Å². The van der Waals surface area contributed by atoms with E-state index in [1.807, 2.05) is 18.4 Å². The van der Waals surface area contributed by atoms with Gasteiger partial charge in [-0.1, -0.05) is 30.0 Å². The number of nitrogens with zero attached hydrogens (tertiary/aromatic N) is 2. The third-order valence-electron chi connectivity index (χ3n) is 4.77. The minimum atomic E-state index is -1.02. The summed E-state index contributed by atoms with van der Waals surface area (Å²) in [6, 6.07) is 5.28. The minimum absolute atomic E-state index is 0.312. The van der Waals surface area contributed by atoms with Gasteiger partial charge in [0.25, 0.3) is 5.91 Å². The molecule has 5 nitrogen and oxygen atoms in total. The fraction of sp³-hybridized carbons (Fsp3) is 0.421. The largest absolute Gasteiger partial charge is 0.480 e. The van der Waals surface area contributed by atoms with E-state index in [0.717, 1.165) is 24.9 Å². The van der Waals surface area contributed by atoms with Gasteiger partial charge in [0, 0.05) is 19.3 Å². The third kappa shape index (κ3) is 4.33. The van der Waals surface area contributed by atoms with Crippen LogP contribution in [0.15, 0.2) is 23.1 Å². The summed E-state index contributed by atoms with van der Waals surface area (Å²) in [4.78, 5) is 28.5. The Bertz CT molecular complexity index is 809. The van der Waals surface area contributed by atoms with Gasteiger partial charge >= 0.3 is 5.97 Å². The lowest BCUT2D eigenvalue weighted by Crippen LogP contribution is -2.44. The fourth-order valence-electron chi connectivity index (χ4n) is 3.39. The maximum Gasteiger partial charge on any atom is 0.326 e. The zero-order chi connectivity index (χ0) is 19.6. The lowest BCUT2D eigenvalue weighted by atomic mass is 9.99. The molecule has 1 fully saturated rings. The Morgan fingerprint density at radius 1 is 1.48 bits per heavy atom. The number of thiocarbonyl (C=S) groups is 1. The van der Waals surface area contributed by atoms with Gasteiger partial charge in [0.1, 0.15) is 10.4 Å². The summed E-state index contributed by atoms with van der Waals surface area (Å²) in [5.74, 6) is -0.669. The Labute approximate surface area is 173 Å². The zero-order valence-corrected chi connectivity index (χ0v) is 17.8. The first-order valence-electron chi connectivity index (χ1n) is 8.75. The molecule has 2 heterocycles. The van der Waals surface area contributed by atoms with Crippen molar-refractivity contribution < 1.29 is 14.7 Å². The Hall–Kier alpha value is -1.51. The van der Waals surface area contributed by atoms with Gasteiger partial charge in [-0.05, 0) is 60.6 Å². The number of thioether (sulfide) groups is 2. The van der Waals surface area contributed by atoms with Gasteiger partial charge in [0.05, 0.1) is 4.91 Å². The number of carbonyl (C=O) groups is 2. The molecule has 0 bridgehead atoms. The molecule has 1 aromatic carbocycles. The highest BCUT2D eigenvalue weighted by Crippen LogP contribution is 2.36. The standard InChI is InChI=1S/C19H22N2O3S3/c1-20-8-3-4-13-10-12(5-6-14(13)20)11-16-17(22)21(19(25)27-16)15(18(23)24)7-9-26-2/h5-6,10-11,15H,3-4,7-9H2,1-2H3,(H,23,24)/b16-11-. The zero-order valence-electron chi connectivity index (χ0n) is 15.3. The second-order valence-electron chi connectivity index (χ2n) is 6.60. The minimum Gasteiger partial charge on any atom is -0.480 e. The fourth-order valence-corrected chi connectivity index (χ4v) is 5.20. The Kier molecular flexibility index (Phi) is 6.49. The normalized spacial score (nSPS) is 19.6. The number of aryl methyl sites for hydroxylation is 1. The first-order valence-corrected chi connectivity index (χ1v) is 11.4. The average molecular weight is 423 g/mol. The number of aliphatic carboxylic acids is 1. The highest BCUT2D eigenvalue weighted by Gasteiger charge is 2.40. The summed E-state index contributed by atoms with van der Waals surface area (Å²) in [5.41, 5.74) is 3.45. The van der Waals surface area contributed by atoms with Crippen molar-refractivity contribution in [2.45, 2.75) is 25.3 Å². The van der Waals surface area contributed by atoms with Gasteiger partial charge in [-0.3, -0.25) is 9.69 Å². The van der Waals surface area contributed by atoms with Crippen LogP contribution < -0.4 is 4.90 Å². The highest BCUT2D eigenvalue weighted by molar-refractivity contribution is 8.26. The second-order valence-corrected chi connectivity index (χ2v) is 9.26. The molecule has 1 amide bonds. The van der Waals surface area contributed by atoms with Crippen LogP contribution in [0.2, 0.25) is 0 Å². The number of carboxylic acid groups (broad SMARTS) is 1. The van der Waals surface area contributed by atoms with Crippen LogP contribution >= 0.6 is 35.7 Å². The molecule has 1 unspecified atom stereocenters. The number of anilines is 1. The quantitative estimate of drug-likeness (QED) is 0.556. The molecule has 144 valence electrons. The van der Waals surface area contributed by atoms with Crippen molar-refractivity contribution in [3.63, 3.8) is 0 Å². The summed E-state index contributed by atoms with van der Waals surface area (Å²) in [5, 5.41) is 9.53. The number of hydrogen-bond donors (Lipinski definition) is 1. The van der Waals surface area contributed by atoms with Gasteiger partial charge in [0.15, 0.2) is 0 Å². The lowest BCUT2D eigenvalue weighted by Gasteiger charge is -2.27. The van der Waals surface area contributed by atoms with Crippen LogP contribution in [0.4, 0.5) is 5.69 Å². The topological polar surface area (TPSA) is 60.9 Å². The summed E-state index contributed by atoms with van der Waals surface area (Å²) in [7, 11) is 2.09. The van der Waals surface area contributed by atoms with E-state index in [1.165, 1.54) is 27.9 Å². The number of fused-ring (bicyclic) bond motifs is 1. The van der Waals surface area contributed by atoms with E-state index < -0.39 is 12.0 Å². The maximum absolute atomic E-state index is 12.8. The van der Waals surface area contributed by atoms with E-state index in [2.05, 4.69) is 24.1 Å². The van der Waals surface area contributed by atoms with E-state index in [-0.39, 0.29) is 5.91 Å². The third-order valence-corrected chi connectivity index (χ3v) is 6.74. The Balaban J connectivity index is 1.85. The van der Waals surface area contributed by atoms with Crippen molar-refractivity contribution >= 4 is 63.7 Å². The molecule has 3 rings (SSSR count). The summed E-state index contributed by atoms with van der Waals surface area (Å²) < 4.78 is 0.317. The first kappa shape index (κ1) is 20.2. The van der Waals surface area contributed by atoms with Crippen molar-refractivity contribution in [1.29, 1.82) is 0 Å². The molecule has 8 heteroatoms. The Morgan fingerprint density at radius 3 is 2.96 bits per heavy atom. The molecule has 0 spiro atoms. The molecule has 1 atom stereocenters. The molecule has 0 aromatic heterocycles. The number of carboxylic acids is 1. The van der Waals surface area contributed by atoms with Crippen molar-refractivity contribution in [2.24, 2.45) is 0 Å². The second kappa shape index (κ2) is 8.67.